The van der Waals surface area contributed by atoms with E-state index in [9.17, 15) is 32.7 Å². The highest BCUT2D eigenvalue weighted by Gasteiger charge is 2.23. The number of allylic oxidation sites excluding steroid dienone is 6. The Bertz CT molecular complexity index is 2160. The van der Waals surface area contributed by atoms with Crippen molar-refractivity contribution in [3.63, 3.8) is 0 Å². The molecule has 0 bridgehead atoms. The summed E-state index contributed by atoms with van der Waals surface area (Å²) in [5.74, 6) is -3.05. The van der Waals surface area contributed by atoms with Crippen LogP contribution in [0.1, 0.15) is 16.8 Å². The van der Waals surface area contributed by atoms with Crippen LogP contribution in [0.2, 0.25) is 0 Å². The maximum absolute atomic E-state index is 13.0. The van der Waals surface area contributed by atoms with Gasteiger partial charge in [-0.3, -0.25) is 14.1 Å². The first-order valence-electron chi connectivity index (χ1n) is 14.2. The van der Waals surface area contributed by atoms with Crippen molar-refractivity contribution in [2.45, 2.75) is 12.5 Å². The van der Waals surface area contributed by atoms with Crippen LogP contribution >= 0.6 is 0 Å². The Balaban J connectivity index is 1.27. The average molecular weight is 661 g/mol. The number of carboxylic acid groups (broad SMARTS) is 1. The fraction of sp³-hybridized carbons (Fsp3) is 0.156. The number of nitrogens with one attached hydrogen (secondary N) is 3. The maximum atomic E-state index is 13.0. The van der Waals surface area contributed by atoms with Gasteiger partial charge in [0.25, 0.3) is 21.9 Å². The van der Waals surface area contributed by atoms with E-state index in [0.717, 1.165) is 0 Å². The number of aromatic nitrogens is 1. The minimum absolute atomic E-state index is 0.0241. The smallest absolute Gasteiger partial charge is 0.349 e. The van der Waals surface area contributed by atoms with Crippen molar-refractivity contribution in [2.24, 2.45) is 0 Å². The fourth-order valence-corrected chi connectivity index (χ4v) is 5.01. The monoisotopic (exact) mass is 660 g/mol. The Morgan fingerprint density at radius 1 is 0.915 bits per heavy atom. The summed E-state index contributed by atoms with van der Waals surface area (Å²) in [5.41, 5.74) is 0.967. The van der Waals surface area contributed by atoms with Gasteiger partial charge in [-0.25, -0.2) is 14.6 Å². The number of carbonyl (C=O) groups is 3. The van der Waals surface area contributed by atoms with Gasteiger partial charge in [0.05, 0.1) is 5.75 Å². The van der Waals surface area contributed by atoms with E-state index in [0.29, 0.717) is 16.6 Å². The van der Waals surface area contributed by atoms with Gasteiger partial charge >= 0.3 is 11.6 Å². The fourth-order valence-electron chi connectivity index (χ4n) is 4.50. The highest BCUT2D eigenvalue weighted by molar-refractivity contribution is 7.85. The summed E-state index contributed by atoms with van der Waals surface area (Å²) < 4.78 is 41.8. The van der Waals surface area contributed by atoms with Crippen LogP contribution in [-0.2, 0) is 19.7 Å². The van der Waals surface area contributed by atoms with Crippen molar-refractivity contribution >= 4 is 55.7 Å². The van der Waals surface area contributed by atoms with Crippen LogP contribution in [0.15, 0.2) is 104 Å². The van der Waals surface area contributed by atoms with Crippen LogP contribution in [0.25, 0.3) is 33.5 Å². The van der Waals surface area contributed by atoms with Crippen molar-refractivity contribution in [2.75, 3.05) is 24.2 Å². The van der Waals surface area contributed by atoms with Crippen LogP contribution in [0.4, 0.5) is 5.69 Å². The lowest BCUT2D eigenvalue weighted by Gasteiger charge is -2.15. The lowest BCUT2D eigenvalue weighted by Crippen LogP contribution is -2.48. The standard InChI is InChI=1S/C32H28N4O10S/c37-28(19-7-4-2-1-3-5-8-19)34-18-25(31(39)40)35-29(38)21-10-12-26-24(16-21)36-30(45-26)23-15-20-9-11-22(17-27(20)46-32(23)41)33-13-6-14-47(42,43)44/h1-5,7-12,15-17,25,33H,6,13-14,18H2,(H,34,37)(H,35,38)(H,39,40)(H,42,43,44)/b2-1-,3-1?,4-2?,5-3-,7-4-,8-5?,19-7?,19-8+. The number of anilines is 1. The molecular weight excluding hydrogens is 632 g/mol. The Kier molecular flexibility index (Phi) is 9.77. The van der Waals surface area contributed by atoms with E-state index in [-0.39, 0.29) is 53.2 Å². The Hall–Kier alpha value is -5.80. The summed E-state index contributed by atoms with van der Waals surface area (Å²) >= 11 is 0. The molecule has 2 aromatic heterocycles. The highest BCUT2D eigenvalue weighted by atomic mass is 32.2. The molecule has 0 saturated carbocycles. The molecule has 5 N–H and O–H groups in total. The van der Waals surface area contributed by atoms with Gasteiger partial charge in [0.15, 0.2) is 5.58 Å². The topological polar surface area (TPSA) is 218 Å². The largest absolute Gasteiger partial charge is 0.480 e. The third-order valence-electron chi connectivity index (χ3n) is 6.85. The second kappa shape index (κ2) is 14.1. The van der Waals surface area contributed by atoms with Gasteiger partial charge in [-0.2, -0.15) is 8.42 Å². The van der Waals surface area contributed by atoms with Crippen molar-refractivity contribution in [3.8, 4) is 11.5 Å². The number of carbonyl (C=O) groups excluding carboxylic acids is 2. The number of aliphatic carboxylic acids is 1. The minimum atomic E-state index is -4.06. The molecule has 0 fully saturated rings. The van der Waals surface area contributed by atoms with E-state index in [2.05, 4.69) is 20.9 Å². The van der Waals surface area contributed by atoms with E-state index in [1.54, 1.807) is 60.7 Å². The second-order valence-electron chi connectivity index (χ2n) is 10.3. The summed E-state index contributed by atoms with van der Waals surface area (Å²) in [6.07, 6.45) is 11.9. The van der Waals surface area contributed by atoms with E-state index >= 15 is 0 Å². The molecule has 2 heterocycles. The van der Waals surface area contributed by atoms with E-state index in [1.165, 1.54) is 24.3 Å². The summed E-state index contributed by atoms with van der Waals surface area (Å²) in [7, 11) is -4.06. The molecular formula is C32H28N4O10S. The number of oxazole rings is 1. The van der Waals surface area contributed by atoms with Crippen molar-refractivity contribution in [1.29, 1.82) is 0 Å². The van der Waals surface area contributed by atoms with Gasteiger partial charge in [0.2, 0.25) is 5.89 Å². The van der Waals surface area contributed by atoms with E-state index in [4.69, 9.17) is 13.4 Å². The third-order valence-corrected chi connectivity index (χ3v) is 7.66. The molecule has 4 aromatic rings. The van der Waals surface area contributed by atoms with Gasteiger partial charge in [-0.05, 0) is 55.0 Å². The number of fused-ring (bicyclic) bond motifs is 2. The summed E-state index contributed by atoms with van der Waals surface area (Å²) in [5, 5.41) is 18.1. The third kappa shape index (κ3) is 8.47. The molecule has 1 aliphatic carbocycles. The molecule has 0 radical (unpaired) electrons. The number of rotatable bonds is 12. The van der Waals surface area contributed by atoms with Crippen LogP contribution in [0.5, 0.6) is 0 Å². The van der Waals surface area contributed by atoms with Crippen LogP contribution < -0.4 is 21.6 Å². The van der Waals surface area contributed by atoms with Crippen molar-refractivity contribution in [1.82, 2.24) is 15.6 Å². The van der Waals surface area contributed by atoms with E-state index in [1.807, 2.05) is 0 Å². The van der Waals surface area contributed by atoms with Crippen LogP contribution in [0, 0.1) is 0 Å². The number of nitrogens with zero attached hydrogens (tertiary/aromatic N) is 1. The zero-order valence-electron chi connectivity index (χ0n) is 24.5. The van der Waals surface area contributed by atoms with Crippen LogP contribution in [-0.4, -0.2) is 65.7 Å². The quantitative estimate of drug-likeness (QED) is 0.0841. The molecule has 0 spiro atoms. The Morgan fingerprint density at radius 3 is 2.49 bits per heavy atom. The first kappa shape index (κ1) is 32.6. The van der Waals surface area contributed by atoms with Gasteiger partial charge in [0, 0.05) is 41.4 Å². The van der Waals surface area contributed by atoms with Gasteiger partial charge < -0.3 is 29.9 Å². The molecule has 15 heteroatoms. The number of hydrogen-bond donors (Lipinski definition) is 5. The van der Waals surface area contributed by atoms with E-state index < -0.39 is 45.3 Å². The van der Waals surface area contributed by atoms with Crippen LogP contribution in [0.3, 0.4) is 0 Å². The molecule has 0 saturated heterocycles. The SMILES string of the molecule is O=C(NCC(NC(=O)c1ccc2oc(-c3cc4ccc(NCCCS(=O)(=O)O)cc4oc3=O)nc2c1)C(=O)O)C1=C/C=C\C=C/C=C\1. The molecule has 14 nitrogen and oxygen atoms in total. The lowest BCUT2D eigenvalue weighted by atomic mass is 10.1. The summed E-state index contributed by atoms with van der Waals surface area (Å²) in [6, 6.07) is 9.29. The zero-order valence-corrected chi connectivity index (χ0v) is 25.3. The molecule has 5 rings (SSSR count). The normalized spacial score (nSPS) is 16.7. The predicted octanol–water partition coefficient (Wildman–Crippen LogP) is 3.20. The molecule has 1 unspecified atom stereocenters. The summed E-state index contributed by atoms with van der Waals surface area (Å²) in [6.45, 7) is -0.110. The summed E-state index contributed by atoms with van der Waals surface area (Å²) in [4.78, 5) is 54.5. The van der Waals surface area contributed by atoms with Gasteiger partial charge in [-0.1, -0.05) is 30.4 Å². The van der Waals surface area contributed by atoms with Crippen molar-refractivity contribution in [3.05, 3.63) is 107 Å². The molecule has 0 aliphatic heterocycles. The first-order valence-corrected chi connectivity index (χ1v) is 15.8. The van der Waals surface area contributed by atoms with Gasteiger partial charge in [0.1, 0.15) is 22.7 Å². The van der Waals surface area contributed by atoms with Crippen molar-refractivity contribution < 1.29 is 41.3 Å². The number of amides is 2. The van der Waals surface area contributed by atoms with Gasteiger partial charge in [-0.15, -0.1) is 0 Å². The molecule has 1 atom stereocenters. The second-order valence-corrected chi connectivity index (χ2v) is 11.9. The first-order chi connectivity index (χ1) is 22.5. The molecule has 47 heavy (non-hydrogen) atoms. The molecule has 242 valence electrons. The number of benzene rings is 2. The lowest BCUT2D eigenvalue weighted by molar-refractivity contribution is -0.139. The zero-order chi connectivity index (χ0) is 33.6. The number of carboxylic acids is 1. The Labute approximate surface area is 266 Å². The highest BCUT2D eigenvalue weighted by Crippen LogP contribution is 2.26. The Morgan fingerprint density at radius 2 is 1.70 bits per heavy atom. The number of hydrogen-bond acceptors (Lipinski definition) is 10. The minimum Gasteiger partial charge on any atom is -0.480 e. The predicted molar refractivity (Wildman–Crippen MR) is 172 cm³/mol. The molecule has 1 aliphatic rings. The average Bonchev–Trinajstić information content (AvgIpc) is 3.43. The maximum Gasteiger partial charge on any atom is 0.349 e. The molecule has 2 amide bonds. The molecule has 2 aromatic carbocycles.